The van der Waals surface area contributed by atoms with Crippen LogP contribution in [0.4, 0.5) is 0 Å². The number of hydrogen-bond donors (Lipinski definition) is 2. The van der Waals surface area contributed by atoms with Crippen molar-refractivity contribution in [2.45, 2.75) is 58.0 Å². The Hall–Kier alpha value is -0.120. The van der Waals surface area contributed by atoms with Crippen LogP contribution in [0.1, 0.15) is 52.4 Å². The van der Waals surface area contributed by atoms with Crippen molar-refractivity contribution in [3.63, 3.8) is 0 Å². The third-order valence-electron chi connectivity index (χ3n) is 7.73. The highest BCUT2D eigenvalue weighted by Gasteiger charge is 2.75. The highest BCUT2D eigenvalue weighted by atomic mass is 16.5. The van der Waals surface area contributed by atoms with Crippen molar-refractivity contribution >= 4 is 0 Å². The SMILES string of the molecule is COCC1(O)C(CO)C2CCC1(C)C2(C)C1CCCC1. The van der Waals surface area contributed by atoms with E-state index in [0.717, 1.165) is 12.8 Å². The predicted molar refractivity (Wildman–Crippen MR) is 78.3 cm³/mol. The second-order valence-electron chi connectivity index (χ2n) is 7.89. The fourth-order valence-electron chi connectivity index (χ4n) is 6.51. The first-order valence-electron chi connectivity index (χ1n) is 8.28. The van der Waals surface area contributed by atoms with Crippen LogP contribution in [-0.2, 0) is 4.74 Å². The molecule has 0 aromatic heterocycles. The Morgan fingerprint density at radius 3 is 2.35 bits per heavy atom. The average Bonchev–Trinajstić information content (AvgIpc) is 3.05. The van der Waals surface area contributed by atoms with Crippen LogP contribution in [0.2, 0.25) is 0 Å². The van der Waals surface area contributed by atoms with Crippen molar-refractivity contribution < 1.29 is 14.9 Å². The van der Waals surface area contributed by atoms with Crippen LogP contribution in [0.5, 0.6) is 0 Å². The molecule has 3 aliphatic rings. The number of aliphatic hydroxyl groups is 2. The van der Waals surface area contributed by atoms with Crippen molar-refractivity contribution in [1.29, 1.82) is 0 Å². The molecule has 3 nitrogen and oxygen atoms in total. The normalized spacial score (nSPS) is 52.0. The summed E-state index contributed by atoms with van der Waals surface area (Å²) < 4.78 is 5.37. The van der Waals surface area contributed by atoms with Crippen molar-refractivity contribution in [2.75, 3.05) is 20.3 Å². The van der Waals surface area contributed by atoms with Crippen LogP contribution < -0.4 is 0 Å². The highest BCUT2D eigenvalue weighted by molar-refractivity contribution is 5.24. The molecule has 5 atom stereocenters. The minimum absolute atomic E-state index is 0.0215. The largest absolute Gasteiger partial charge is 0.396 e. The number of aliphatic hydroxyl groups excluding tert-OH is 1. The maximum absolute atomic E-state index is 11.4. The van der Waals surface area contributed by atoms with Gasteiger partial charge in [0.1, 0.15) is 0 Å². The molecule has 0 saturated heterocycles. The molecule has 2 N–H and O–H groups in total. The fraction of sp³-hybridized carbons (Fsp3) is 1.00. The van der Waals surface area contributed by atoms with Gasteiger partial charge in [-0.2, -0.15) is 0 Å². The first-order chi connectivity index (χ1) is 9.45. The molecule has 20 heavy (non-hydrogen) atoms. The molecule has 0 radical (unpaired) electrons. The molecule has 0 spiro atoms. The summed E-state index contributed by atoms with van der Waals surface area (Å²) >= 11 is 0. The summed E-state index contributed by atoms with van der Waals surface area (Å²) in [5.41, 5.74) is -0.829. The highest BCUT2D eigenvalue weighted by Crippen LogP contribution is 2.75. The second-order valence-corrected chi connectivity index (χ2v) is 7.89. The molecular formula is C17H30O3. The van der Waals surface area contributed by atoms with E-state index in [9.17, 15) is 10.2 Å². The van der Waals surface area contributed by atoms with Gasteiger partial charge in [-0.1, -0.05) is 26.7 Å². The predicted octanol–water partition coefficient (Wildman–Crippen LogP) is 2.60. The zero-order valence-corrected chi connectivity index (χ0v) is 13.2. The Kier molecular flexibility index (Phi) is 3.47. The molecule has 116 valence electrons. The first kappa shape index (κ1) is 14.8. The van der Waals surface area contributed by atoms with Gasteiger partial charge in [-0.05, 0) is 42.9 Å². The van der Waals surface area contributed by atoms with Crippen molar-refractivity contribution in [2.24, 2.45) is 28.6 Å². The fourth-order valence-corrected chi connectivity index (χ4v) is 6.51. The van der Waals surface area contributed by atoms with Gasteiger partial charge in [0.2, 0.25) is 0 Å². The van der Waals surface area contributed by atoms with Crippen molar-refractivity contribution in [3.8, 4) is 0 Å². The van der Waals surface area contributed by atoms with Crippen LogP contribution in [-0.4, -0.2) is 36.1 Å². The minimum atomic E-state index is -0.864. The van der Waals surface area contributed by atoms with E-state index < -0.39 is 5.60 Å². The Morgan fingerprint density at radius 2 is 1.80 bits per heavy atom. The molecule has 5 unspecified atom stereocenters. The lowest BCUT2D eigenvalue weighted by atomic mass is 9.58. The van der Waals surface area contributed by atoms with E-state index in [4.69, 9.17) is 4.74 Å². The molecule has 0 heterocycles. The van der Waals surface area contributed by atoms with Crippen LogP contribution in [0.25, 0.3) is 0 Å². The quantitative estimate of drug-likeness (QED) is 0.833. The minimum Gasteiger partial charge on any atom is -0.396 e. The van der Waals surface area contributed by atoms with Gasteiger partial charge in [-0.15, -0.1) is 0 Å². The van der Waals surface area contributed by atoms with E-state index in [-0.39, 0.29) is 23.4 Å². The molecule has 0 amide bonds. The number of methoxy groups -OCH3 is 1. The summed E-state index contributed by atoms with van der Waals surface area (Å²) in [4.78, 5) is 0. The van der Waals surface area contributed by atoms with Crippen LogP contribution in [0.3, 0.4) is 0 Å². The number of rotatable bonds is 4. The lowest BCUT2D eigenvalue weighted by molar-refractivity contribution is -0.165. The molecule has 0 aliphatic heterocycles. The van der Waals surface area contributed by atoms with Gasteiger partial charge in [0.15, 0.2) is 0 Å². The zero-order valence-electron chi connectivity index (χ0n) is 13.2. The van der Waals surface area contributed by atoms with Crippen molar-refractivity contribution in [1.82, 2.24) is 0 Å². The summed E-state index contributed by atoms with van der Waals surface area (Å²) in [7, 11) is 1.66. The third-order valence-corrected chi connectivity index (χ3v) is 7.73. The van der Waals surface area contributed by atoms with E-state index in [2.05, 4.69) is 13.8 Å². The molecule has 3 saturated carbocycles. The standard InChI is InChI=1S/C17H30O3/c1-15-9-8-13(14(10-18)17(15,19)11-20-3)16(15,2)12-6-4-5-7-12/h12-14,18-19H,4-11H2,1-3H3. The monoisotopic (exact) mass is 282 g/mol. The number of fused-ring (bicyclic) bond motifs is 2. The molecule has 3 rings (SSSR count). The van der Waals surface area contributed by atoms with Crippen LogP contribution in [0.15, 0.2) is 0 Å². The van der Waals surface area contributed by atoms with Gasteiger partial charge in [0, 0.05) is 25.0 Å². The lowest BCUT2D eigenvalue weighted by Gasteiger charge is -2.49. The number of hydrogen-bond acceptors (Lipinski definition) is 3. The van der Waals surface area contributed by atoms with Gasteiger partial charge in [-0.3, -0.25) is 0 Å². The zero-order chi connectivity index (χ0) is 14.6. The summed E-state index contributed by atoms with van der Waals surface area (Å²) in [6, 6.07) is 0. The Morgan fingerprint density at radius 1 is 1.15 bits per heavy atom. The second kappa shape index (κ2) is 4.69. The molecule has 3 heteroatoms. The van der Waals surface area contributed by atoms with E-state index in [0.29, 0.717) is 18.4 Å². The Bertz CT molecular complexity index is 378. The van der Waals surface area contributed by atoms with Crippen LogP contribution >= 0.6 is 0 Å². The Balaban J connectivity index is 2.05. The smallest absolute Gasteiger partial charge is 0.0991 e. The van der Waals surface area contributed by atoms with E-state index in [1.807, 2.05) is 0 Å². The van der Waals surface area contributed by atoms with E-state index in [1.54, 1.807) is 7.11 Å². The molecular weight excluding hydrogens is 252 g/mol. The molecule has 0 aromatic rings. The molecule has 2 bridgehead atoms. The Labute approximate surface area is 122 Å². The number of ether oxygens (including phenoxy) is 1. The van der Waals surface area contributed by atoms with Gasteiger partial charge in [0.25, 0.3) is 0 Å². The topological polar surface area (TPSA) is 49.7 Å². The van der Waals surface area contributed by atoms with Gasteiger partial charge in [0.05, 0.1) is 12.2 Å². The average molecular weight is 282 g/mol. The van der Waals surface area contributed by atoms with Crippen LogP contribution in [0, 0.1) is 28.6 Å². The molecule has 0 aromatic carbocycles. The first-order valence-corrected chi connectivity index (χ1v) is 8.28. The lowest BCUT2D eigenvalue weighted by Crippen LogP contribution is -2.56. The van der Waals surface area contributed by atoms with Gasteiger partial charge >= 0.3 is 0 Å². The van der Waals surface area contributed by atoms with Gasteiger partial charge in [-0.25, -0.2) is 0 Å². The van der Waals surface area contributed by atoms with Crippen molar-refractivity contribution in [3.05, 3.63) is 0 Å². The summed E-state index contributed by atoms with van der Waals surface area (Å²) in [5, 5.41) is 21.3. The molecule has 3 fully saturated rings. The summed E-state index contributed by atoms with van der Waals surface area (Å²) in [6.07, 6.45) is 7.47. The maximum Gasteiger partial charge on any atom is 0.0991 e. The molecule has 3 aliphatic carbocycles. The van der Waals surface area contributed by atoms with E-state index in [1.165, 1.54) is 25.7 Å². The third kappa shape index (κ3) is 1.47. The van der Waals surface area contributed by atoms with Gasteiger partial charge < -0.3 is 14.9 Å². The maximum atomic E-state index is 11.4. The van der Waals surface area contributed by atoms with E-state index >= 15 is 0 Å². The summed E-state index contributed by atoms with van der Waals surface area (Å²) in [6.45, 7) is 5.10. The summed E-state index contributed by atoms with van der Waals surface area (Å²) in [5.74, 6) is 1.13.